The van der Waals surface area contributed by atoms with Crippen LogP contribution in [0.3, 0.4) is 0 Å². The normalized spacial score (nSPS) is 10.0. The molecule has 0 spiro atoms. The number of hydrogen-bond donors (Lipinski definition) is 0. The Morgan fingerprint density at radius 1 is 1.21 bits per heavy atom. The molecule has 0 saturated heterocycles. The molecule has 0 amide bonds. The van der Waals surface area contributed by atoms with Crippen molar-refractivity contribution in [2.75, 3.05) is 7.11 Å². The van der Waals surface area contributed by atoms with Crippen LogP contribution in [0.1, 0.15) is 15.9 Å². The van der Waals surface area contributed by atoms with Gasteiger partial charge in [0.25, 0.3) is 0 Å². The van der Waals surface area contributed by atoms with E-state index in [1.807, 2.05) is 30.3 Å². The lowest BCUT2D eigenvalue weighted by atomic mass is 10.2. The Labute approximate surface area is 116 Å². The van der Waals surface area contributed by atoms with Crippen molar-refractivity contribution >= 4 is 17.9 Å². The summed E-state index contributed by atoms with van der Waals surface area (Å²) >= 11 is 6.09. The third-order valence-electron chi connectivity index (χ3n) is 2.61. The third-order valence-corrected chi connectivity index (χ3v) is 2.89. The summed E-state index contributed by atoms with van der Waals surface area (Å²) in [6.45, 7) is 0.386. The van der Waals surface area contributed by atoms with E-state index in [1.54, 1.807) is 12.1 Å². The maximum atomic E-state index is 10.8. The lowest BCUT2D eigenvalue weighted by Gasteiger charge is -2.13. The minimum absolute atomic E-state index is 0.359. The van der Waals surface area contributed by atoms with Crippen molar-refractivity contribution in [3.63, 3.8) is 0 Å². The largest absolute Gasteiger partial charge is 0.493 e. The van der Waals surface area contributed by atoms with Crippen molar-refractivity contribution < 1.29 is 14.3 Å². The highest BCUT2D eigenvalue weighted by molar-refractivity contribution is 6.32. The average Bonchev–Trinajstić information content (AvgIpc) is 2.46. The Kier molecular flexibility index (Phi) is 4.42. The van der Waals surface area contributed by atoms with Crippen molar-refractivity contribution in [2.45, 2.75) is 6.61 Å². The van der Waals surface area contributed by atoms with Crippen molar-refractivity contribution in [3.8, 4) is 11.5 Å². The summed E-state index contributed by atoms with van der Waals surface area (Å²) in [6, 6.07) is 12.9. The molecule has 0 aromatic heterocycles. The third kappa shape index (κ3) is 3.26. The number of carbonyl (C=O) groups is 1. The molecular formula is C15H13ClO3. The van der Waals surface area contributed by atoms with E-state index >= 15 is 0 Å². The number of rotatable bonds is 5. The number of carbonyl (C=O) groups excluding carboxylic acids is 1. The first-order valence-corrected chi connectivity index (χ1v) is 6.12. The minimum atomic E-state index is 0.359. The summed E-state index contributed by atoms with van der Waals surface area (Å²) in [5.74, 6) is 0.893. The maximum Gasteiger partial charge on any atom is 0.180 e. The molecule has 0 atom stereocenters. The van der Waals surface area contributed by atoms with Crippen LogP contribution in [0.25, 0.3) is 0 Å². The molecule has 19 heavy (non-hydrogen) atoms. The summed E-state index contributed by atoms with van der Waals surface area (Å²) in [6.07, 6.45) is 0.718. The van der Waals surface area contributed by atoms with Gasteiger partial charge in [-0.2, -0.15) is 0 Å². The predicted octanol–water partition coefficient (Wildman–Crippen LogP) is 3.74. The zero-order valence-electron chi connectivity index (χ0n) is 10.4. The van der Waals surface area contributed by atoms with E-state index in [0.717, 1.165) is 11.8 Å². The van der Waals surface area contributed by atoms with E-state index < -0.39 is 0 Å². The molecule has 0 aliphatic heterocycles. The molecular weight excluding hydrogens is 264 g/mol. The van der Waals surface area contributed by atoms with E-state index in [2.05, 4.69) is 0 Å². The molecule has 0 heterocycles. The van der Waals surface area contributed by atoms with Crippen LogP contribution in [0.4, 0.5) is 0 Å². The SMILES string of the molecule is COc1cc(C=O)cc(Cl)c1OCc1ccccc1. The molecule has 0 bridgehead atoms. The molecule has 2 rings (SSSR count). The first-order chi connectivity index (χ1) is 9.24. The zero-order chi connectivity index (χ0) is 13.7. The van der Waals surface area contributed by atoms with Crippen LogP contribution in [0.5, 0.6) is 11.5 Å². The molecule has 0 saturated carbocycles. The van der Waals surface area contributed by atoms with Crippen LogP contribution in [0.15, 0.2) is 42.5 Å². The number of halogens is 1. The van der Waals surface area contributed by atoms with Gasteiger partial charge in [-0.05, 0) is 17.7 Å². The van der Waals surface area contributed by atoms with Gasteiger partial charge in [-0.3, -0.25) is 4.79 Å². The zero-order valence-corrected chi connectivity index (χ0v) is 11.2. The number of hydrogen-bond acceptors (Lipinski definition) is 3. The molecule has 4 heteroatoms. The van der Waals surface area contributed by atoms with Gasteiger partial charge < -0.3 is 9.47 Å². The van der Waals surface area contributed by atoms with Gasteiger partial charge in [0.15, 0.2) is 11.5 Å². The van der Waals surface area contributed by atoms with Crippen LogP contribution < -0.4 is 9.47 Å². The topological polar surface area (TPSA) is 35.5 Å². The van der Waals surface area contributed by atoms with Gasteiger partial charge in [0.1, 0.15) is 12.9 Å². The van der Waals surface area contributed by atoms with Crippen molar-refractivity contribution in [1.82, 2.24) is 0 Å². The summed E-state index contributed by atoms with van der Waals surface area (Å²) < 4.78 is 10.9. The highest BCUT2D eigenvalue weighted by Crippen LogP contribution is 2.36. The van der Waals surface area contributed by atoms with E-state index in [0.29, 0.717) is 28.7 Å². The highest BCUT2D eigenvalue weighted by atomic mass is 35.5. The predicted molar refractivity (Wildman–Crippen MR) is 74.2 cm³/mol. The fourth-order valence-electron chi connectivity index (χ4n) is 1.68. The Balaban J connectivity index is 2.22. The van der Waals surface area contributed by atoms with Gasteiger partial charge in [0, 0.05) is 5.56 Å². The van der Waals surface area contributed by atoms with Crippen molar-refractivity contribution in [2.24, 2.45) is 0 Å². The number of aldehydes is 1. The van der Waals surface area contributed by atoms with Gasteiger partial charge in [-0.25, -0.2) is 0 Å². The minimum Gasteiger partial charge on any atom is -0.493 e. The monoisotopic (exact) mass is 276 g/mol. The van der Waals surface area contributed by atoms with E-state index in [4.69, 9.17) is 21.1 Å². The van der Waals surface area contributed by atoms with Crippen LogP contribution in [-0.2, 0) is 6.61 Å². The highest BCUT2D eigenvalue weighted by Gasteiger charge is 2.12. The molecule has 3 nitrogen and oxygen atoms in total. The fourth-order valence-corrected chi connectivity index (χ4v) is 1.95. The Morgan fingerprint density at radius 3 is 2.58 bits per heavy atom. The molecule has 0 radical (unpaired) electrons. The fraction of sp³-hybridized carbons (Fsp3) is 0.133. The summed E-state index contributed by atoms with van der Waals surface area (Å²) in [5.41, 5.74) is 1.48. The second kappa shape index (κ2) is 6.25. The molecule has 2 aromatic carbocycles. The molecule has 0 unspecified atom stereocenters. The lowest BCUT2D eigenvalue weighted by molar-refractivity contribution is 0.112. The molecule has 98 valence electrons. The Bertz CT molecular complexity index is 567. The number of ether oxygens (including phenoxy) is 2. The Hall–Kier alpha value is -2.00. The standard InChI is InChI=1S/C15H13ClO3/c1-18-14-8-12(9-17)7-13(16)15(14)19-10-11-5-3-2-4-6-11/h2-9H,10H2,1H3. The smallest absolute Gasteiger partial charge is 0.180 e. The van der Waals surface area contributed by atoms with Gasteiger partial charge in [-0.15, -0.1) is 0 Å². The molecule has 0 fully saturated rings. The van der Waals surface area contributed by atoms with Crippen LogP contribution in [-0.4, -0.2) is 13.4 Å². The van der Waals surface area contributed by atoms with E-state index in [9.17, 15) is 4.79 Å². The van der Waals surface area contributed by atoms with Gasteiger partial charge in [0.2, 0.25) is 0 Å². The van der Waals surface area contributed by atoms with Gasteiger partial charge >= 0.3 is 0 Å². The summed E-state index contributed by atoms with van der Waals surface area (Å²) in [4.78, 5) is 10.8. The molecule has 0 aliphatic rings. The van der Waals surface area contributed by atoms with E-state index in [-0.39, 0.29) is 0 Å². The average molecular weight is 277 g/mol. The summed E-state index contributed by atoms with van der Waals surface area (Å²) in [5, 5.41) is 0.359. The van der Waals surface area contributed by atoms with Gasteiger partial charge in [0.05, 0.1) is 12.1 Å². The maximum absolute atomic E-state index is 10.8. The first kappa shape index (κ1) is 13.4. The molecule has 0 N–H and O–H groups in total. The number of benzene rings is 2. The Morgan fingerprint density at radius 2 is 1.95 bits per heavy atom. The second-order valence-corrected chi connectivity index (χ2v) is 4.33. The first-order valence-electron chi connectivity index (χ1n) is 5.74. The van der Waals surface area contributed by atoms with Crippen LogP contribution >= 0.6 is 11.6 Å². The second-order valence-electron chi connectivity index (χ2n) is 3.93. The van der Waals surface area contributed by atoms with Crippen molar-refractivity contribution in [3.05, 3.63) is 58.6 Å². The van der Waals surface area contributed by atoms with Crippen LogP contribution in [0.2, 0.25) is 5.02 Å². The van der Waals surface area contributed by atoms with Crippen LogP contribution in [0, 0.1) is 0 Å². The lowest BCUT2D eigenvalue weighted by Crippen LogP contribution is -1.99. The summed E-state index contributed by atoms with van der Waals surface area (Å²) in [7, 11) is 1.51. The van der Waals surface area contributed by atoms with E-state index in [1.165, 1.54) is 7.11 Å². The number of methoxy groups -OCH3 is 1. The van der Waals surface area contributed by atoms with Crippen molar-refractivity contribution in [1.29, 1.82) is 0 Å². The molecule has 0 aliphatic carbocycles. The molecule has 2 aromatic rings. The quantitative estimate of drug-likeness (QED) is 0.781. The van der Waals surface area contributed by atoms with Gasteiger partial charge in [-0.1, -0.05) is 41.9 Å².